The number of aromatic carboxylic acids is 2. The molecular formula is C40H48O12. The summed E-state index contributed by atoms with van der Waals surface area (Å²) in [5.74, 6) is -3.20. The zero-order valence-corrected chi connectivity index (χ0v) is 30.7. The van der Waals surface area contributed by atoms with E-state index in [0.717, 1.165) is 12.8 Å². The van der Waals surface area contributed by atoms with E-state index >= 15 is 0 Å². The van der Waals surface area contributed by atoms with Crippen molar-refractivity contribution >= 4 is 45.4 Å². The van der Waals surface area contributed by atoms with Crippen molar-refractivity contribution in [1.29, 1.82) is 0 Å². The zero-order valence-electron chi connectivity index (χ0n) is 30.7. The molecule has 0 aliphatic rings. The van der Waals surface area contributed by atoms with Crippen molar-refractivity contribution in [3.63, 3.8) is 0 Å². The van der Waals surface area contributed by atoms with Gasteiger partial charge in [0, 0.05) is 21.5 Å². The van der Waals surface area contributed by atoms with Gasteiger partial charge < -0.3 is 38.6 Å². The Labute approximate surface area is 303 Å². The molecular weight excluding hydrogens is 672 g/mol. The van der Waals surface area contributed by atoms with E-state index in [0.29, 0.717) is 72.3 Å². The van der Waals surface area contributed by atoms with Crippen LogP contribution < -0.4 is 18.9 Å². The van der Waals surface area contributed by atoms with Gasteiger partial charge in [0.25, 0.3) is 0 Å². The standard InChI is InChI=1S/C22H28O6.C18H20O6/c1-5-13-27-19-15-11-9-10-12-16(15)20(28-14-6-2)18(22(24)26-8-4)17(19)21(23)25-7-3;1-3-9-23-15-11-7-5-6-8-12(11)16(24-10-4-2)14(18(21)22)13(15)17(19)20/h9-12H,5-8,13-14H2,1-4H3;5-8H,3-4,9-10H2,1-2H3,(H,19,20)(H,21,22). The highest BCUT2D eigenvalue weighted by Gasteiger charge is 2.33. The van der Waals surface area contributed by atoms with Crippen molar-refractivity contribution in [2.24, 2.45) is 0 Å². The highest BCUT2D eigenvalue weighted by molar-refractivity contribution is 6.15. The molecule has 4 aromatic carbocycles. The Kier molecular flexibility index (Phi) is 16.0. The first-order valence-corrected chi connectivity index (χ1v) is 17.6. The molecule has 12 nitrogen and oxygen atoms in total. The fraction of sp³-hybridized carbons (Fsp3) is 0.400. The SMILES string of the molecule is CCCOc1c(C(=O)O)c(C(=O)O)c(OCCC)c2ccccc12.CCCOc1c(C(=O)OCC)c(C(=O)OCC)c(OCCC)c2ccccc12. The Hall–Kier alpha value is -5.52. The molecule has 0 fully saturated rings. The molecule has 0 saturated carbocycles. The lowest BCUT2D eigenvalue weighted by molar-refractivity contribution is 0.0471. The molecule has 0 radical (unpaired) electrons. The van der Waals surface area contributed by atoms with E-state index in [1.54, 1.807) is 38.1 Å². The van der Waals surface area contributed by atoms with Crippen molar-refractivity contribution in [2.75, 3.05) is 39.6 Å². The number of benzene rings is 4. The number of rotatable bonds is 18. The molecule has 0 saturated heterocycles. The third kappa shape index (κ3) is 9.42. The summed E-state index contributed by atoms with van der Waals surface area (Å²) >= 11 is 0. The first-order valence-electron chi connectivity index (χ1n) is 17.6. The van der Waals surface area contributed by atoms with E-state index in [9.17, 15) is 29.4 Å². The smallest absolute Gasteiger partial charge is 0.342 e. The Morgan fingerprint density at radius 3 is 0.904 bits per heavy atom. The summed E-state index contributed by atoms with van der Waals surface area (Å²) in [6, 6.07) is 14.3. The minimum Gasteiger partial charge on any atom is -0.492 e. The molecule has 0 unspecified atom stereocenters. The number of esters is 2. The molecule has 12 heteroatoms. The van der Waals surface area contributed by atoms with Gasteiger partial charge in [0.15, 0.2) is 0 Å². The summed E-state index contributed by atoms with van der Waals surface area (Å²) in [4.78, 5) is 49.3. The second kappa shape index (κ2) is 20.4. The summed E-state index contributed by atoms with van der Waals surface area (Å²) < 4.78 is 33.6. The highest BCUT2D eigenvalue weighted by Crippen LogP contribution is 2.43. The van der Waals surface area contributed by atoms with Crippen LogP contribution in [0.1, 0.15) is 109 Å². The highest BCUT2D eigenvalue weighted by atomic mass is 16.5. The fourth-order valence-corrected chi connectivity index (χ4v) is 5.37. The molecule has 0 aromatic heterocycles. The molecule has 280 valence electrons. The Bertz CT molecular complexity index is 1730. The van der Waals surface area contributed by atoms with E-state index < -0.39 is 23.9 Å². The number of ether oxygens (including phenoxy) is 6. The molecule has 4 rings (SSSR count). The average Bonchev–Trinajstić information content (AvgIpc) is 3.14. The van der Waals surface area contributed by atoms with Crippen LogP contribution in [-0.4, -0.2) is 73.7 Å². The van der Waals surface area contributed by atoms with Crippen LogP contribution in [0, 0.1) is 0 Å². The molecule has 52 heavy (non-hydrogen) atoms. The van der Waals surface area contributed by atoms with E-state index in [-0.39, 0.29) is 47.0 Å². The molecule has 0 aliphatic heterocycles. The number of fused-ring (bicyclic) bond motifs is 2. The third-order valence-electron chi connectivity index (χ3n) is 7.43. The van der Waals surface area contributed by atoms with Crippen LogP contribution in [-0.2, 0) is 9.47 Å². The first kappa shape index (κ1) is 40.9. The lowest BCUT2D eigenvalue weighted by atomic mass is 9.97. The predicted molar refractivity (Wildman–Crippen MR) is 197 cm³/mol. The zero-order chi connectivity index (χ0) is 38.2. The maximum atomic E-state index is 12.9. The predicted octanol–water partition coefficient (Wildman–Crippen LogP) is 8.58. The number of carbonyl (C=O) groups excluding carboxylic acids is 2. The van der Waals surface area contributed by atoms with Gasteiger partial charge in [0.1, 0.15) is 45.3 Å². The molecule has 0 bridgehead atoms. The van der Waals surface area contributed by atoms with Gasteiger partial charge in [0.05, 0.1) is 39.6 Å². The number of carboxylic acids is 2. The van der Waals surface area contributed by atoms with Crippen molar-refractivity contribution in [1.82, 2.24) is 0 Å². The maximum absolute atomic E-state index is 12.9. The van der Waals surface area contributed by atoms with Gasteiger partial charge in [-0.2, -0.15) is 0 Å². The van der Waals surface area contributed by atoms with Crippen molar-refractivity contribution in [3.8, 4) is 23.0 Å². The van der Waals surface area contributed by atoms with Crippen LogP contribution in [0.15, 0.2) is 48.5 Å². The second-order valence-corrected chi connectivity index (χ2v) is 11.4. The summed E-state index contributed by atoms with van der Waals surface area (Å²) in [5.41, 5.74) is -0.640. The summed E-state index contributed by atoms with van der Waals surface area (Å²) in [7, 11) is 0. The Morgan fingerprint density at radius 2 is 0.692 bits per heavy atom. The van der Waals surface area contributed by atoms with Gasteiger partial charge in [-0.25, -0.2) is 19.2 Å². The van der Waals surface area contributed by atoms with Crippen molar-refractivity contribution < 1.29 is 57.8 Å². The molecule has 0 heterocycles. The van der Waals surface area contributed by atoms with Gasteiger partial charge in [0.2, 0.25) is 0 Å². The van der Waals surface area contributed by atoms with Crippen LogP contribution in [0.25, 0.3) is 21.5 Å². The minimum atomic E-state index is -1.36. The van der Waals surface area contributed by atoms with E-state index in [1.165, 1.54) is 0 Å². The quantitative estimate of drug-likeness (QED) is 0.0942. The third-order valence-corrected chi connectivity index (χ3v) is 7.43. The Morgan fingerprint density at radius 1 is 0.442 bits per heavy atom. The van der Waals surface area contributed by atoms with Gasteiger partial charge in [-0.05, 0) is 39.5 Å². The van der Waals surface area contributed by atoms with Crippen LogP contribution >= 0.6 is 0 Å². The van der Waals surface area contributed by atoms with Crippen LogP contribution in [0.3, 0.4) is 0 Å². The lowest BCUT2D eigenvalue weighted by Gasteiger charge is -2.20. The number of carbonyl (C=O) groups is 4. The monoisotopic (exact) mass is 720 g/mol. The molecule has 0 aliphatic carbocycles. The minimum absolute atomic E-state index is 0.0542. The van der Waals surface area contributed by atoms with Gasteiger partial charge in [-0.15, -0.1) is 0 Å². The number of carboxylic acid groups (broad SMARTS) is 2. The van der Waals surface area contributed by atoms with Crippen LogP contribution in [0.4, 0.5) is 0 Å². The maximum Gasteiger partial charge on any atom is 0.342 e. The largest absolute Gasteiger partial charge is 0.492 e. The topological polar surface area (TPSA) is 164 Å². The normalized spacial score (nSPS) is 10.6. The van der Waals surface area contributed by atoms with Crippen molar-refractivity contribution in [3.05, 3.63) is 70.8 Å². The molecule has 0 spiro atoms. The van der Waals surface area contributed by atoms with E-state index in [4.69, 9.17) is 28.4 Å². The second-order valence-electron chi connectivity index (χ2n) is 11.4. The van der Waals surface area contributed by atoms with Crippen LogP contribution in [0.5, 0.6) is 23.0 Å². The van der Waals surface area contributed by atoms with Gasteiger partial charge in [-0.1, -0.05) is 76.2 Å². The molecule has 0 amide bonds. The average molecular weight is 721 g/mol. The summed E-state index contributed by atoms with van der Waals surface area (Å²) in [6.07, 6.45) is 2.84. The lowest BCUT2D eigenvalue weighted by Crippen LogP contribution is -2.18. The Balaban J connectivity index is 0.000000284. The first-order chi connectivity index (χ1) is 25.1. The van der Waals surface area contributed by atoms with Crippen molar-refractivity contribution in [2.45, 2.75) is 67.2 Å². The number of hydrogen-bond donors (Lipinski definition) is 2. The fourth-order valence-electron chi connectivity index (χ4n) is 5.37. The van der Waals surface area contributed by atoms with E-state index in [1.807, 2.05) is 52.0 Å². The molecule has 2 N–H and O–H groups in total. The van der Waals surface area contributed by atoms with Gasteiger partial charge >= 0.3 is 23.9 Å². The molecule has 4 aromatic rings. The summed E-state index contributed by atoms with van der Waals surface area (Å²) in [6.45, 7) is 12.9. The van der Waals surface area contributed by atoms with Crippen LogP contribution in [0.2, 0.25) is 0 Å². The number of hydrogen-bond acceptors (Lipinski definition) is 10. The molecule has 0 atom stereocenters. The van der Waals surface area contributed by atoms with E-state index in [2.05, 4.69) is 0 Å². The summed E-state index contributed by atoms with van der Waals surface area (Å²) in [5, 5.41) is 21.7. The van der Waals surface area contributed by atoms with Gasteiger partial charge in [-0.3, -0.25) is 0 Å².